The topological polar surface area (TPSA) is 42.5 Å². The lowest BCUT2D eigenvalue weighted by molar-refractivity contribution is -0.142. The zero-order valence-electron chi connectivity index (χ0n) is 25.7. The van der Waals surface area contributed by atoms with Crippen LogP contribution in [0.2, 0.25) is 5.02 Å². The summed E-state index contributed by atoms with van der Waals surface area (Å²) in [7, 11) is 1.58. The summed E-state index contributed by atoms with van der Waals surface area (Å²) >= 11 is 6.47. The number of carbonyl (C=O) groups is 1. The van der Waals surface area contributed by atoms with Crippen molar-refractivity contribution in [3.8, 4) is 11.1 Å². The van der Waals surface area contributed by atoms with Gasteiger partial charge in [-0.25, -0.2) is 14.2 Å². The predicted octanol–water partition coefficient (Wildman–Crippen LogP) is 6.00. The van der Waals surface area contributed by atoms with Crippen molar-refractivity contribution >= 4 is 28.9 Å². The third-order valence-electron chi connectivity index (χ3n) is 9.35. The Balaban J connectivity index is 1.20. The van der Waals surface area contributed by atoms with Crippen molar-refractivity contribution in [2.45, 2.75) is 44.6 Å². The molecule has 244 valence electrons. The Morgan fingerprint density at radius 1 is 1.02 bits per heavy atom. The monoisotopic (exact) mass is 649 g/mol. The van der Waals surface area contributed by atoms with Gasteiger partial charge in [-0.1, -0.05) is 29.8 Å². The molecular weight excluding hydrogens is 610 g/mol. The molecule has 0 aromatic heterocycles. The zero-order valence-corrected chi connectivity index (χ0v) is 26.5. The summed E-state index contributed by atoms with van der Waals surface area (Å²) in [6.45, 7) is 6.89. The first-order chi connectivity index (χ1) is 21.5. The van der Waals surface area contributed by atoms with Gasteiger partial charge in [-0.2, -0.15) is 13.2 Å². The van der Waals surface area contributed by atoms with Crippen LogP contribution >= 0.6 is 11.6 Å². The quantitative estimate of drug-likeness (QED) is 0.257. The molecule has 1 aliphatic carbocycles. The number of rotatable bonds is 8. The molecule has 0 amide bonds. The van der Waals surface area contributed by atoms with Crippen LogP contribution in [0.5, 0.6) is 0 Å². The summed E-state index contributed by atoms with van der Waals surface area (Å²) in [5.74, 6) is -0.719. The third-order valence-corrected chi connectivity index (χ3v) is 9.58. The van der Waals surface area contributed by atoms with Crippen LogP contribution in [-0.2, 0) is 9.53 Å². The number of piperidine rings is 1. The van der Waals surface area contributed by atoms with Gasteiger partial charge in [0.2, 0.25) is 0 Å². The minimum absolute atomic E-state index is 0.00584. The second-order valence-electron chi connectivity index (χ2n) is 12.5. The Morgan fingerprint density at radius 2 is 1.73 bits per heavy atom. The number of anilines is 2. The van der Waals surface area contributed by atoms with Crippen LogP contribution in [0, 0.1) is 5.92 Å². The van der Waals surface area contributed by atoms with E-state index in [0.29, 0.717) is 37.4 Å². The average molecular weight is 650 g/mol. The van der Waals surface area contributed by atoms with Gasteiger partial charge in [0.05, 0.1) is 24.8 Å². The molecule has 7 nitrogen and oxygen atoms in total. The van der Waals surface area contributed by atoms with Gasteiger partial charge in [-0.15, -0.1) is 0 Å². The van der Waals surface area contributed by atoms with Gasteiger partial charge in [0.15, 0.2) is 0 Å². The molecule has 0 N–H and O–H groups in total. The molecule has 2 aromatic rings. The van der Waals surface area contributed by atoms with E-state index < -0.39 is 30.1 Å². The fraction of sp³-hybridized carbons (Fsp3) is 0.545. The van der Waals surface area contributed by atoms with E-state index in [4.69, 9.17) is 16.3 Å². The molecule has 6 rings (SSSR count). The highest BCUT2D eigenvalue weighted by atomic mass is 35.5. The fourth-order valence-electron chi connectivity index (χ4n) is 6.99. The Bertz CT molecular complexity index is 1410. The lowest BCUT2D eigenvalue weighted by Crippen LogP contribution is -2.53. The first-order valence-electron chi connectivity index (χ1n) is 15.8. The van der Waals surface area contributed by atoms with E-state index in [-0.39, 0.29) is 24.6 Å². The van der Waals surface area contributed by atoms with E-state index in [1.807, 2.05) is 18.2 Å². The van der Waals surface area contributed by atoms with E-state index in [9.17, 15) is 22.4 Å². The number of likely N-dealkylation sites (N-methyl/N-ethyl adjacent to an activating group) is 1. The molecular formula is C33H40ClF4N5O2. The highest BCUT2D eigenvalue weighted by Gasteiger charge is 2.50. The lowest BCUT2D eigenvalue weighted by atomic mass is 9.98. The van der Waals surface area contributed by atoms with E-state index in [0.717, 1.165) is 55.2 Å². The van der Waals surface area contributed by atoms with Gasteiger partial charge in [0.25, 0.3) is 0 Å². The molecule has 3 fully saturated rings. The minimum atomic E-state index is -4.71. The number of hydrogen-bond acceptors (Lipinski definition) is 7. The minimum Gasteiger partial charge on any atom is -0.463 e. The van der Waals surface area contributed by atoms with E-state index >= 15 is 0 Å². The fourth-order valence-corrected chi connectivity index (χ4v) is 7.15. The first-order valence-corrected chi connectivity index (χ1v) is 16.1. The molecule has 12 heteroatoms. The van der Waals surface area contributed by atoms with Gasteiger partial charge in [-0.3, -0.25) is 9.91 Å². The molecule has 3 heterocycles. The average Bonchev–Trinajstić information content (AvgIpc) is 3.58. The lowest BCUT2D eigenvalue weighted by Gasteiger charge is -2.43. The Morgan fingerprint density at radius 3 is 2.38 bits per heavy atom. The summed E-state index contributed by atoms with van der Waals surface area (Å²) in [5.41, 5.74) is 2.65. The second-order valence-corrected chi connectivity index (χ2v) is 12.9. The van der Waals surface area contributed by atoms with Crippen molar-refractivity contribution in [2.75, 3.05) is 75.8 Å². The van der Waals surface area contributed by atoms with Crippen molar-refractivity contribution < 1.29 is 27.1 Å². The standard InChI is InChI=1S/C33H40ClF4N5O2/c1-3-45-32(44)28-21-39(2)43(31(28)33(36,37)38)26-5-4-12-42(20-26)30-18-24(34)8-11-27(30)22-6-9-25(10-7-22)41-15-13-40(14-16-41)19-23-17-29(23)35/h6-11,18,23,26,29H,3-5,12-17,19-21H2,1-2H3. The SMILES string of the molecule is CCOC(=O)C1=C(C(F)(F)F)N(C2CCCN(c3cc(Cl)ccc3-c3ccc(N4CCN(CC5CC5F)CC4)cc3)C2)N(C)C1. The maximum absolute atomic E-state index is 14.4. The summed E-state index contributed by atoms with van der Waals surface area (Å²) in [4.78, 5) is 19.3. The molecule has 2 aromatic carbocycles. The van der Waals surface area contributed by atoms with Crippen molar-refractivity contribution in [1.82, 2.24) is 14.9 Å². The number of benzene rings is 2. The van der Waals surface area contributed by atoms with Gasteiger partial charge in [-0.05, 0) is 56.0 Å². The largest absolute Gasteiger partial charge is 0.463 e. The molecule has 0 bridgehead atoms. The Labute approximate surface area is 266 Å². The molecule has 1 saturated carbocycles. The van der Waals surface area contributed by atoms with Crippen molar-refractivity contribution in [3.63, 3.8) is 0 Å². The van der Waals surface area contributed by atoms with Crippen LogP contribution in [0.4, 0.5) is 28.9 Å². The number of alkyl halides is 4. The number of halogens is 5. The maximum atomic E-state index is 14.4. The van der Waals surface area contributed by atoms with Gasteiger partial charge in [0.1, 0.15) is 11.9 Å². The highest BCUT2D eigenvalue weighted by Crippen LogP contribution is 2.42. The summed E-state index contributed by atoms with van der Waals surface area (Å²) < 4.78 is 61.6. The predicted molar refractivity (Wildman–Crippen MR) is 168 cm³/mol. The van der Waals surface area contributed by atoms with Crippen LogP contribution in [0.3, 0.4) is 0 Å². The summed E-state index contributed by atoms with van der Waals surface area (Å²) in [6.07, 6.45) is -3.41. The molecule has 3 aliphatic heterocycles. The summed E-state index contributed by atoms with van der Waals surface area (Å²) in [5, 5.41) is 3.27. The van der Waals surface area contributed by atoms with Crippen LogP contribution in [0.15, 0.2) is 53.7 Å². The number of hydrogen-bond donors (Lipinski definition) is 0. The van der Waals surface area contributed by atoms with E-state index in [2.05, 4.69) is 39.0 Å². The number of carbonyl (C=O) groups excluding carboxylic acids is 1. The maximum Gasteiger partial charge on any atom is 0.433 e. The van der Waals surface area contributed by atoms with Crippen molar-refractivity contribution in [1.29, 1.82) is 0 Å². The number of hydrazine groups is 1. The van der Waals surface area contributed by atoms with E-state index in [1.165, 1.54) is 10.0 Å². The van der Waals surface area contributed by atoms with Gasteiger partial charge >= 0.3 is 12.1 Å². The van der Waals surface area contributed by atoms with Gasteiger partial charge < -0.3 is 14.5 Å². The number of nitrogens with zero attached hydrogens (tertiary/aromatic N) is 5. The summed E-state index contributed by atoms with van der Waals surface area (Å²) in [6, 6.07) is 13.6. The van der Waals surface area contributed by atoms with E-state index in [1.54, 1.807) is 14.0 Å². The van der Waals surface area contributed by atoms with Crippen LogP contribution in [0.1, 0.15) is 26.2 Å². The van der Waals surface area contributed by atoms with Crippen molar-refractivity contribution in [2.24, 2.45) is 5.92 Å². The van der Waals surface area contributed by atoms with Gasteiger partial charge in [0, 0.05) is 80.7 Å². The third kappa shape index (κ3) is 6.90. The van der Waals surface area contributed by atoms with Crippen molar-refractivity contribution in [3.05, 3.63) is 58.8 Å². The molecule has 4 aliphatic rings. The first kappa shape index (κ1) is 31.9. The second kappa shape index (κ2) is 13.0. The Kier molecular flexibility index (Phi) is 9.23. The smallest absolute Gasteiger partial charge is 0.433 e. The zero-order chi connectivity index (χ0) is 31.9. The molecule has 0 spiro atoms. The van der Waals surface area contributed by atoms with Crippen LogP contribution in [-0.4, -0.2) is 105 Å². The normalized spacial score (nSPS) is 24.9. The Hall–Kier alpha value is -3.02. The van der Waals surface area contributed by atoms with Crippen LogP contribution in [0.25, 0.3) is 11.1 Å². The number of allylic oxidation sites excluding steroid dienone is 1. The highest BCUT2D eigenvalue weighted by molar-refractivity contribution is 6.31. The molecule has 2 saturated heterocycles. The molecule has 0 radical (unpaired) electrons. The number of piperazine rings is 1. The number of ether oxygens (including phenoxy) is 1. The molecule has 45 heavy (non-hydrogen) atoms. The molecule has 3 unspecified atom stereocenters. The number of esters is 1. The van der Waals surface area contributed by atoms with Crippen LogP contribution < -0.4 is 9.80 Å². The molecule has 3 atom stereocenters.